The van der Waals surface area contributed by atoms with Crippen LogP contribution in [0.25, 0.3) is 0 Å². The van der Waals surface area contributed by atoms with Crippen LogP contribution in [-0.4, -0.2) is 35.5 Å². The average Bonchev–Trinajstić information content (AvgIpc) is 2.86. The summed E-state index contributed by atoms with van der Waals surface area (Å²) in [7, 11) is 0. The molecular formula is C8H10N2O4S. The summed E-state index contributed by atoms with van der Waals surface area (Å²) in [6.07, 6.45) is -0.920. The van der Waals surface area contributed by atoms with Gasteiger partial charge in [0.2, 0.25) is 0 Å². The Morgan fingerprint density at radius 1 is 1.80 bits per heavy atom. The summed E-state index contributed by atoms with van der Waals surface area (Å²) in [5.41, 5.74) is 5.30. The summed E-state index contributed by atoms with van der Waals surface area (Å²) in [5.74, 6) is -0.560. The van der Waals surface area contributed by atoms with Crippen LogP contribution in [0.3, 0.4) is 0 Å². The quantitative estimate of drug-likeness (QED) is 0.740. The standard InChI is InChI=1S/C8H10N2O4S/c9-7(12)4-3-15-8(10-4)5-2-13-6(1-11)14-5/h3,5-6,11H,1-2H2,(H2,9,12)/t5-,6+/m0/s1. The summed E-state index contributed by atoms with van der Waals surface area (Å²) in [6, 6.07) is 0. The van der Waals surface area contributed by atoms with E-state index >= 15 is 0 Å². The van der Waals surface area contributed by atoms with E-state index < -0.39 is 12.2 Å². The van der Waals surface area contributed by atoms with Crippen LogP contribution in [0.4, 0.5) is 0 Å². The number of hydrogen-bond donors (Lipinski definition) is 2. The van der Waals surface area contributed by atoms with Gasteiger partial charge >= 0.3 is 0 Å². The largest absolute Gasteiger partial charge is 0.391 e. The minimum absolute atomic E-state index is 0.190. The highest BCUT2D eigenvalue weighted by molar-refractivity contribution is 7.09. The van der Waals surface area contributed by atoms with Crippen molar-refractivity contribution in [3.05, 3.63) is 16.1 Å². The lowest BCUT2D eigenvalue weighted by atomic mass is 10.4. The highest BCUT2D eigenvalue weighted by Crippen LogP contribution is 2.28. The molecule has 0 bridgehead atoms. The molecule has 1 saturated heterocycles. The summed E-state index contributed by atoms with van der Waals surface area (Å²) < 4.78 is 10.4. The second-order valence-electron chi connectivity index (χ2n) is 3.01. The number of ether oxygens (including phenoxy) is 2. The van der Waals surface area contributed by atoms with E-state index in [1.54, 1.807) is 5.38 Å². The van der Waals surface area contributed by atoms with Crippen LogP contribution in [-0.2, 0) is 9.47 Å². The monoisotopic (exact) mass is 230 g/mol. The molecule has 1 fully saturated rings. The van der Waals surface area contributed by atoms with E-state index in [9.17, 15) is 4.79 Å². The first-order valence-corrected chi connectivity index (χ1v) is 5.22. The number of aliphatic hydroxyl groups is 1. The zero-order valence-electron chi connectivity index (χ0n) is 7.75. The van der Waals surface area contributed by atoms with E-state index in [4.69, 9.17) is 20.3 Å². The maximum absolute atomic E-state index is 10.8. The maximum Gasteiger partial charge on any atom is 0.268 e. The van der Waals surface area contributed by atoms with Gasteiger partial charge in [0.05, 0.1) is 13.2 Å². The smallest absolute Gasteiger partial charge is 0.268 e. The molecule has 0 unspecified atom stereocenters. The first kappa shape index (κ1) is 10.5. The molecule has 0 saturated carbocycles. The van der Waals surface area contributed by atoms with Crippen LogP contribution in [0, 0.1) is 0 Å². The number of carbonyl (C=O) groups is 1. The van der Waals surface area contributed by atoms with Crippen molar-refractivity contribution >= 4 is 17.2 Å². The van der Waals surface area contributed by atoms with Gasteiger partial charge < -0.3 is 20.3 Å². The molecule has 1 amide bonds. The van der Waals surface area contributed by atoms with Crippen LogP contribution in [0.15, 0.2) is 5.38 Å². The second-order valence-corrected chi connectivity index (χ2v) is 3.90. The Kier molecular flexibility index (Phi) is 2.96. The Morgan fingerprint density at radius 2 is 2.60 bits per heavy atom. The third kappa shape index (κ3) is 2.15. The van der Waals surface area contributed by atoms with Gasteiger partial charge in [-0.15, -0.1) is 11.3 Å². The number of carbonyl (C=O) groups excluding carboxylic acids is 1. The fraction of sp³-hybridized carbons (Fsp3) is 0.500. The minimum atomic E-state index is -0.601. The summed E-state index contributed by atoms with van der Waals surface area (Å²) in [4.78, 5) is 14.8. The van der Waals surface area contributed by atoms with Crippen LogP contribution in [0.5, 0.6) is 0 Å². The molecule has 3 N–H and O–H groups in total. The number of primary amides is 1. The molecule has 15 heavy (non-hydrogen) atoms. The highest BCUT2D eigenvalue weighted by Gasteiger charge is 2.29. The van der Waals surface area contributed by atoms with Gasteiger partial charge in [0.15, 0.2) is 6.29 Å². The van der Waals surface area contributed by atoms with Crippen molar-refractivity contribution in [2.24, 2.45) is 5.73 Å². The Labute approximate surface area is 89.6 Å². The van der Waals surface area contributed by atoms with Crippen LogP contribution in [0.1, 0.15) is 21.6 Å². The van der Waals surface area contributed by atoms with E-state index in [-0.39, 0.29) is 18.4 Å². The van der Waals surface area contributed by atoms with E-state index in [0.29, 0.717) is 11.6 Å². The molecule has 7 heteroatoms. The van der Waals surface area contributed by atoms with Gasteiger partial charge in [-0.1, -0.05) is 0 Å². The van der Waals surface area contributed by atoms with Crippen molar-refractivity contribution in [2.45, 2.75) is 12.4 Å². The normalized spacial score (nSPS) is 25.7. The average molecular weight is 230 g/mol. The Hall–Kier alpha value is -1.02. The van der Waals surface area contributed by atoms with Crippen molar-refractivity contribution in [3.8, 4) is 0 Å². The molecule has 0 radical (unpaired) electrons. The number of hydrogen-bond acceptors (Lipinski definition) is 6. The number of amides is 1. The molecule has 6 nitrogen and oxygen atoms in total. The SMILES string of the molecule is NC(=O)c1csc([C@@H]2CO[C@@H](CO)O2)n1. The number of thiazole rings is 1. The van der Waals surface area contributed by atoms with Crippen molar-refractivity contribution in [3.63, 3.8) is 0 Å². The van der Waals surface area contributed by atoms with E-state index in [2.05, 4.69) is 4.98 Å². The molecule has 0 aliphatic carbocycles. The van der Waals surface area contributed by atoms with Gasteiger partial charge in [-0.05, 0) is 0 Å². The van der Waals surface area contributed by atoms with Gasteiger partial charge in [0.25, 0.3) is 5.91 Å². The predicted octanol–water partition coefficient (Wildman–Crippen LogP) is -0.352. The number of rotatable bonds is 3. The van der Waals surface area contributed by atoms with Gasteiger partial charge in [0.1, 0.15) is 16.8 Å². The molecule has 0 spiro atoms. The van der Waals surface area contributed by atoms with Crippen molar-refractivity contribution in [1.82, 2.24) is 4.98 Å². The fourth-order valence-electron chi connectivity index (χ4n) is 1.23. The van der Waals surface area contributed by atoms with Crippen molar-refractivity contribution in [1.29, 1.82) is 0 Å². The molecule has 1 aliphatic heterocycles. The first-order valence-electron chi connectivity index (χ1n) is 4.34. The topological polar surface area (TPSA) is 94.7 Å². The Balaban J connectivity index is 2.07. The Morgan fingerprint density at radius 3 is 3.13 bits per heavy atom. The molecule has 2 heterocycles. The van der Waals surface area contributed by atoms with Gasteiger partial charge in [0, 0.05) is 5.38 Å². The number of nitrogens with two attached hydrogens (primary N) is 1. The summed E-state index contributed by atoms with van der Waals surface area (Å²) >= 11 is 1.29. The van der Waals surface area contributed by atoms with Crippen molar-refractivity contribution in [2.75, 3.05) is 13.2 Å². The highest BCUT2D eigenvalue weighted by atomic mass is 32.1. The van der Waals surface area contributed by atoms with E-state index in [1.807, 2.05) is 0 Å². The third-order valence-electron chi connectivity index (χ3n) is 1.95. The molecular weight excluding hydrogens is 220 g/mol. The minimum Gasteiger partial charge on any atom is -0.391 e. The lowest BCUT2D eigenvalue weighted by Crippen LogP contribution is -2.13. The molecule has 2 rings (SSSR count). The van der Waals surface area contributed by atoms with Crippen molar-refractivity contribution < 1.29 is 19.4 Å². The van der Waals surface area contributed by atoms with E-state index in [1.165, 1.54) is 11.3 Å². The molecule has 1 aliphatic rings. The zero-order chi connectivity index (χ0) is 10.8. The maximum atomic E-state index is 10.8. The lowest BCUT2D eigenvalue weighted by Gasteiger charge is -2.05. The van der Waals surface area contributed by atoms with E-state index in [0.717, 1.165) is 0 Å². The number of aliphatic hydroxyl groups excluding tert-OH is 1. The summed E-state index contributed by atoms with van der Waals surface area (Å²) in [5, 5.41) is 11.0. The van der Waals surface area contributed by atoms with Gasteiger partial charge in [-0.25, -0.2) is 4.98 Å². The van der Waals surface area contributed by atoms with Crippen LogP contribution < -0.4 is 5.73 Å². The molecule has 1 aromatic rings. The number of nitrogens with zero attached hydrogens (tertiary/aromatic N) is 1. The second kappa shape index (κ2) is 4.23. The number of aromatic nitrogens is 1. The molecule has 0 aromatic carbocycles. The molecule has 2 atom stereocenters. The van der Waals surface area contributed by atoms with Crippen LogP contribution in [0.2, 0.25) is 0 Å². The van der Waals surface area contributed by atoms with Gasteiger partial charge in [-0.2, -0.15) is 0 Å². The molecule has 82 valence electrons. The van der Waals surface area contributed by atoms with Gasteiger partial charge in [-0.3, -0.25) is 4.79 Å². The summed E-state index contributed by atoms with van der Waals surface area (Å²) in [6.45, 7) is 0.140. The zero-order valence-corrected chi connectivity index (χ0v) is 8.57. The fourth-order valence-corrected chi connectivity index (χ4v) is 2.06. The Bertz CT molecular complexity index is 367. The van der Waals surface area contributed by atoms with Crippen LogP contribution >= 0.6 is 11.3 Å². The lowest BCUT2D eigenvalue weighted by molar-refractivity contribution is -0.0882. The molecule has 1 aromatic heterocycles. The first-order chi connectivity index (χ1) is 7.20. The third-order valence-corrected chi connectivity index (χ3v) is 2.89. The predicted molar refractivity (Wildman–Crippen MR) is 51.3 cm³/mol.